The van der Waals surface area contributed by atoms with E-state index in [-0.39, 0.29) is 0 Å². The van der Waals surface area contributed by atoms with Crippen LogP contribution in [0.4, 0.5) is 5.69 Å². The number of benzene rings is 1. The number of ether oxygens (including phenoxy) is 1. The van der Waals surface area contributed by atoms with Crippen molar-refractivity contribution in [2.24, 2.45) is 0 Å². The van der Waals surface area contributed by atoms with Crippen LogP contribution in [0.15, 0.2) is 24.3 Å². The molecule has 16 heavy (non-hydrogen) atoms. The Labute approximate surface area is 95.2 Å². The Bertz CT molecular complexity index is 357. The molecule has 0 unspecified atom stereocenters. The summed E-state index contributed by atoms with van der Waals surface area (Å²) in [6.07, 6.45) is 0. The first-order valence-corrected chi connectivity index (χ1v) is 5.20. The SMILES string of the molecule is CCOc1ccc(NC(C)(C)C(=O)O)cc1. The molecule has 0 saturated carbocycles. The summed E-state index contributed by atoms with van der Waals surface area (Å²) in [4.78, 5) is 10.9. The Morgan fingerprint density at radius 3 is 2.38 bits per heavy atom. The molecule has 1 rings (SSSR count). The van der Waals surface area contributed by atoms with E-state index in [1.165, 1.54) is 0 Å². The highest BCUT2D eigenvalue weighted by molar-refractivity contribution is 5.81. The maximum atomic E-state index is 10.9. The summed E-state index contributed by atoms with van der Waals surface area (Å²) in [5, 5.41) is 11.9. The van der Waals surface area contributed by atoms with E-state index >= 15 is 0 Å². The van der Waals surface area contributed by atoms with E-state index in [4.69, 9.17) is 9.84 Å². The molecule has 0 atom stereocenters. The van der Waals surface area contributed by atoms with Gasteiger partial charge in [0, 0.05) is 5.69 Å². The smallest absolute Gasteiger partial charge is 0.328 e. The van der Waals surface area contributed by atoms with Gasteiger partial charge in [-0.1, -0.05) is 0 Å². The quantitative estimate of drug-likeness (QED) is 0.804. The molecular formula is C12H17NO3. The van der Waals surface area contributed by atoms with E-state index in [1.54, 1.807) is 26.0 Å². The lowest BCUT2D eigenvalue weighted by Crippen LogP contribution is -2.39. The van der Waals surface area contributed by atoms with Gasteiger partial charge in [-0.25, -0.2) is 4.79 Å². The third-order valence-electron chi connectivity index (χ3n) is 2.16. The third kappa shape index (κ3) is 3.15. The van der Waals surface area contributed by atoms with Crippen LogP contribution in [0, 0.1) is 0 Å². The largest absolute Gasteiger partial charge is 0.494 e. The van der Waals surface area contributed by atoms with Crippen LogP contribution in [0.1, 0.15) is 20.8 Å². The molecule has 0 aliphatic rings. The van der Waals surface area contributed by atoms with E-state index in [0.717, 1.165) is 11.4 Å². The van der Waals surface area contributed by atoms with Crippen LogP contribution >= 0.6 is 0 Å². The molecule has 1 aromatic rings. The van der Waals surface area contributed by atoms with Gasteiger partial charge in [-0.2, -0.15) is 0 Å². The lowest BCUT2D eigenvalue weighted by atomic mass is 10.1. The number of anilines is 1. The predicted molar refractivity (Wildman–Crippen MR) is 62.9 cm³/mol. The summed E-state index contributed by atoms with van der Waals surface area (Å²) in [5.41, 5.74) is -0.219. The van der Waals surface area contributed by atoms with E-state index in [9.17, 15) is 4.79 Å². The molecule has 0 aliphatic heterocycles. The molecule has 0 heterocycles. The predicted octanol–water partition coefficient (Wildman–Crippen LogP) is 2.36. The number of rotatable bonds is 5. The van der Waals surface area contributed by atoms with E-state index in [2.05, 4.69) is 5.32 Å². The van der Waals surface area contributed by atoms with Gasteiger partial charge >= 0.3 is 5.97 Å². The van der Waals surface area contributed by atoms with Gasteiger partial charge in [0.05, 0.1) is 6.61 Å². The number of hydrogen-bond donors (Lipinski definition) is 2. The molecule has 0 bridgehead atoms. The molecule has 0 aliphatic carbocycles. The number of nitrogens with one attached hydrogen (secondary N) is 1. The first kappa shape index (κ1) is 12.4. The lowest BCUT2D eigenvalue weighted by molar-refractivity contribution is -0.141. The van der Waals surface area contributed by atoms with Crippen molar-refractivity contribution in [3.05, 3.63) is 24.3 Å². The number of carboxylic acids is 1. The average Bonchev–Trinajstić information content (AvgIpc) is 2.21. The van der Waals surface area contributed by atoms with Gasteiger partial charge in [0.25, 0.3) is 0 Å². The van der Waals surface area contributed by atoms with E-state index in [1.807, 2.05) is 19.1 Å². The lowest BCUT2D eigenvalue weighted by Gasteiger charge is -2.22. The fraction of sp³-hybridized carbons (Fsp3) is 0.417. The van der Waals surface area contributed by atoms with Crippen LogP contribution in [0.2, 0.25) is 0 Å². The Balaban J connectivity index is 2.72. The summed E-state index contributed by atoms with van der Waals surface area (Å²) in [7, 11) is 0. The Morgan fingerprint density at radius 2 is 1.94 bits per heavy atom. The van der Waals surface area contributed by atoms with Crippen LogP contribution in [0.3, 0.4) is 0 Å². The topological polar surface area (TPSA) is 58.6 Å². The fourth-order valence-electron chi connectivity index (χ4n) is 1.22. The summed E-state index contributed by atoms with van der Waals surface area (Å²) in [6.45, 7) is 5.77. The highest BCUT2D eigenvalue weighted by Gasteiger charge is 2.26. The minimum absolute atomic E-state index is 0.618. The van der Waals surface area contributed by atoms with Crippen LogP contribution in [0.25, 0.3) is 0 Å². The Kier molecular flexibility index (Phi) is 3.77. The minimum Gasteiger partial charge on any atom is -0.494 e. The molecule has 1 aromatic carbocycles. The second kappa shape index (κ2) is 4.88. The van der Waals surface area contributed by atoms with Gasteiger partial charge in [-0.05, 0) is 45.0 Å². The van der Waals surface area contributed by atoms with E-state index in [0.29, 0.717) is 6.61 Å². The van der Waals surface area contributed by atoms with Crippen LogP contribution < -0.4 is 10.1 Å². The van der Waals surface area contributed by atoms with Crippen molar-refractivity contribution in [3.63, 3.8) is 0 Å². The number of aliphatic carboxylic acids is 1. The average molecular weight is 223 g/mol. The molecule has 4 nitrogen and oxygen atoms in total. The molecule has 4 heteroatoms. The fourth-order valence-corrected chi connectivity index (χ4v) is 1.22. The Hall–Kier alpha value is -1.71. The van der Waals surface area contributed by atoms with Crippen molar-refractivity contribution in [3.8, 4) is 5.75 Å². The maximum absolute atomic E-state index is 10.9. The molecule has 88 valence electrons. The van der Waals surface area contributed by atoms with Crippen molar-refractivity contribution in [2.45, 2.75) is 26.3 Å². The monoisotopic (exact) mass is 223 g/mol. The Morgan fingerprint density at radius 1 is 1.38 bits per heavy atom. The highest BCUT2D eigenvalue weighted by Crippen LogP contribution is 2.19. The van der Waals surface area contributed by atoms with Crippen molar-refractivity contribution >= 4 is 11.7 Å². The molecule has 0 saturated heterocycles. The molecule has 0 aromatic heterocycles. The van der Waals surface area contributed by atoms with Crippen LogP contribution in [0.5, 0.6) is 5.75 Å². The summed E-state index contributed by atoms with van der Waals surface area (Å²) in [6, 6.07) is 7.22. The molecule has 0 amide bonds. The van der Waals surface area contributed by atoms with Crippen molar-refractivity contribution < 1.29 is 14.6 Å². The molecule has 2 N–H and O–H groups in total. The first-order valence-electron chi connectivity index (χ1n) is 5.20. The highest BCUT2D eigenvalue weighted by atomic mass is 16.5. The zero-order valence-corrected chi connectivity index (χ0v) is 9.78. The summed E-state index contributed by atoms with van der Waals surface area (Å²) in [5.74, 6) is -0.109. The van der Waals surface area contributed by atoms with Crippen molar-refractivity contribution in [1.29, 1.82) is 0 Å². The van der Waals surface area contributed by atoms with Crippen molar-refractivity contribution in [2.75, 3.05) is 11.9 Å². The number of hydrogen-bond acceptors (Lipinski definition) is 3. The number of carbonyl (C=O) groups is 1. The zero-order chi connectivity index (χ0) is 12.2. The van der Waals surface area contributed by atoms with Gasteiger partial charge in [-0.3, -0.25) is 0 Å². The van der Waals surface area contributed by atoms with Crippen molar-refractivity contribution in [1.82, 2.24) is 0 Å². The van der Waals surface area contributed by atoms with Gasteiger partial charge in [0.15, 0.2) is 0 Å². The summed E-state index contributed by atoms with van der Waals surface area (Å²) < 4.78 is 5.29. The molecular weight excluding hydrogens is 206 g/mol. The molecule has 0 radical (unpaired) electrons. The standard InChI is InChI=1S/C12H17NO3/c1-4-16-10-7-5-9(6-8-10)13-12(2,3)11(14)15/h5-8,13H,4H2,1-3H3,(H,14,15). The second-order valence-corrected chi connectivity index (χ2v) is 4.01. The van der Waals surface area contributed by atoms with Gasteiger partial charge in [0.2, 0.25) is 0 Å². The minimum atomic E-state index is -0.979. The third-order valence-corrected chi connectivity index (χ3v) is 2.16. The normalized spacial score (nSPS) is 10.9. The van der Waals surface area contributed by atoms with Gasteiger partial charge in [0.1, 0.15) is 11.3 Å². The molecule has 0 spiro atoms. The second-order valence-electron chi connectivity index (χ2n) is 4.01. The summed E-state index contributed by atoms with van der Waals surface area (Å²) >= 11 is 0. The first-order chi connectivity index (χ1) is 7.45. The van der Waals surface area contributed by atoms with Gasteiger partial charge in [-0.15, -0.1) is 0 Å². The van der Waals surface area contributed by atoms with Crippen LogP contribution in [-0.4, -0.2) is 23.2 Å². The number of carboxylic acid groups (broad SMARTS) is 1. The molecule has 0 fully saturated rings. The van der Waals surface area contributed by atoms with Crippen LogP contribution in [-0.2, 0) is 4.79 Å². The van der Waals surface area contributed by atoms with Gasteiger partial charge < -0.3 is 15.2 Å². The maximum Gasteiger partial charge on any atom is 0.328 e. The zero-order valence-electron chi connectivity index (χ0n) is 9.78. The van der Waals surface area contributed by atoms with E-state index < -0.39 is 11.5 Å².